The summed E-state index contributed by atoms with van der Waals surface area (Å²) in [5.74, 6) is -3.22. The largest absolute Gasteiger partial charge is 0.493 e. The van der Waals surface area contributed by atoms with Gasteiger partial charge in [0.1, 0.15) is 0 Å². The highest BCUT2D eigenvalue weighted by Crippen LogP contribution is 2.39. The van der Waals surface area contributed by atoms with Gasteiger partial charge in [-0.15, -0.1) is 12.4 Å². The van der Waals surface area contributed by atoms with Crippen LogP contribution in [0.4, 0.5) is 8.78 Å². The molecule has 0 radical (unpaired) electrons. The second-order valence-electron chi connectivity index (χ2n) is 4.12. The van der Waals surface area contributed by atoms with Gasteiger partial charge in [0, 0.05) is 0 Å². The first kappa shape index (κ1) is 20.2. The highest BCUT2D eigenvalue weighted by Gasteiger charge is 2.28. The third-order valence-electron chi connectivity index (χ3n) is 2.76. The Morgan fingerprint density at radius 3 is 2.23 bits per heavy atom. The predicted molar refractivity (Wildman–Crippen MR) is 79.7 cm³/mol. The molecule has 0 saturated carbocycles. The summed E-state index contributed by atoms with van der Waals surface area (Å²) in [6.45, 7) is -1.71. The molecule has 0 aromatic heterocycles. The number of ether oxygens (including phenoxy) is 3. The van der Waals surface area contributed by atoms with Gasteiger partial charge in [-0.3, -0.25) is 4.79 Å². The third kappa shape index (κ3) is 4.60. The van der Waals surface area contributed by atoms with Crippen molar-refractivity contribution in [3.05, 3.63) is 17.7 Å². The molecule has 0 aliphatic rings. The molecule has 3 N–H and O–H groups in total. The first-order valence-electron chi connectivity index (χ1n) is 6.05. The summed E-state index contributed by atoms with van der Waals surface area (Å²) in [5, 5.41) is 2.11. The molecule has 0 fully saturated rings. The highest BCUT2D eigenvalue weighted by molar-refractivity contribution is 5.98. The third-order valence-corrected chi connectivity index (χ3v) is 2.76. The Labute approximate surface area is 133 Å². The maximum atomic E-state index is 13.1. The van der Waals surface area contributed by atoms with E-state index in [1.165, 1.54) is 33.5 Å². The van der Waals surface area contributed by atoms with Gasteiger partial charge in [-0.05, 0) is 12.1 Å². The van der Waals surface area contributed by atoms with E-state index >= 15 is 0 Å². The van der Waals surface area contributed by atoms with Crippen LogP contribution in [0.3, 0.4) is 0 Å². The quantitative estimate of drug-likeness (QED) is 0.785. The Balaban J connectivity index is 0.00000441. The number of nitrogens with two attached hydrogens (primary N) is 1. The van der Waals surface area contributed by atoms with Crippen molar-refractivity contribution in [2.24, 2.45) is 5.73 Å². The minimum atomic E-state index is -3.17. The second kappa shape index (κ2) is 8.60. The van der Waals surface area contributed by atoms with Crippen LogP contribution in [0.25, 0.3) is 0 Å². The monoisotopic (exact) mass is 340 g/mol. The number of methoxy groups -OCH3 is 3. The van der Waals surface area contributed by atoms with E-state index in [1.807, 2.05) is 0 Å². The molecule has 0 unspecified atom stereocenters. The van der Waals surface area contributed by atoms with E-state index in [2.05, 4.69) is 5.32 Å². The lowest BCUT2D eigenvalue weighted by Crippen LogP contribution is -2.41. The number of alkyl halides is 2. The van der Waals surface area contributed by atoms with E-state index < -0.39 is 24.9 Å². The fraction of sp³-hybridized carbons (Fsp3) is 0.462. The molecule has 1 aromatic carbocycles. The van der Waals surface area contributed by atoms with Gasteiger partial charge < -0.3 is 25.3 Å². The minimum absolute atomic E-state index is 0. The van der Waals surface area contributed by atoms with Gasteiger partial charge in [0.2, 0.25) is 5.75 Å². The molecule has 126 valence electrons. The van der Waals surface area contributed by atoms with Crippen molar-refractivity contribution in [1.82, 2.24) is 5.32 Å². The summed E-state index contributed by atoms with van der Waals surface area (Å²) in [6, 6.07) is 2.88. The summed E-state index contributed by atoms with van der Waals surface area (Å²) in [6.07, 6.45) is 0. The van der Waals surface area contributed by atoms with Gasteiger partial charge in [-0.1, -0.05) is 0 Å². The number of amides is 1. The maximum Gasteiger partial charge on any atom is 0.277 e. The molecule has 9 heteroatoms. The minimum Gasteiger partial charge on any atom is -0.493 e. The van der Waals surface area contributed by atoms with Crippen LogP contribution in [-0.4, -0.2) is 46.2 Å². The Morgan fingerprint density at radius 2 is 1.77 bits per heavy atom. The lowest BCUT2D eigenvalue weighted by atomic mass is 10.1. The van der Waals surface area contributed by atoms with Crippen molar-refractivity contribution in [2.75, 3.05) is 34.4 Å². The molecular formula is C13H19ClF2N2O4. The molecule has 0 heterocycles. The van der Waals surface area contributed by atoms with E-state index in [1.54, 1.807) is 0 Å². The molecule has 1 rings (SSSR count). The molecule has 0 spiro atoms. The Kier molecular flexibility index (Phi) is 7.89. The average molecular weight is 341 g/mol. The van der Waals surface area contributed by atoms with Gasteiger partial charge in [-0.2, -0.15) is 0 Å². The van der Waals surface area contributed by atoms with E-state index in [4.69, 9.17) is 19.9 Å². The number of nitrogens with one attached hydrogen (secondary N) is 1. The Hall–Kier alpha value is -1.80. The van der Waals surface area contributed by atoms with E-state index in [9.17, 15) is 13.6 Å². The van der Waals surface area contributed by atoms with Crippen LogP contribution in [-0.2, 0) is 0 Å². The lowest BCUT2D eigenvalue weighted by molar-refractivity contribution is 0.0118. The number of carbonyl (C=O) groups excluding carboxylic acids is 1. The van der Waals surface area contributed by atoms with Gasteiger partial charge >= 0.3 is 0 Å². The molecule has 0 bridgehead atoms. The molecule has 0 atom stereocenters. The number of rotatable bonds is 7. The van der Waals surface area contributed by atoms with Crippen molar-refractivity contribution in [3.8, 4) is 17.2 Å². The number of hydrogen-bond donors (Lipinski definition) is 2. The summed E-state index contributed by atoms with van der Waals surface area (Å²) >= 11 is 0. The van der Waals surface area contributed by atoms with Crippen LogP contribution >= 0.6 is 12.4 Å². The van der Waals surface area contributed by atoms with Crippen molar-refractivity contribution < 1.29 is 27.8 Å². The molecule has 22 heavy (non-hydrogen) atoms. The van der Waals surface area contributed by atoms with Crippen LogP contribution < -0.4 is 25.3 Å². The van der Waals surface area contributed by atoms with Gasteiger partial charge in [0.15, 0.2) is 11.5 Å². The van der Waals surface area contributed by atoms with E-state index in [0.29, 0.717) is 5.75 Å². The topological polar surface area (TPSA) is 82.8 Å². The van der Waals surface area contributed by atoms with Crippen molar-refractivity contribution in [1.29, 1.82) is 0 Å². The SMILES string of the molecule is COc1ccc(C(=O)NCC(F)(F)CN)c(OC)c1OC.Cl. The van der Waals surface area contributed by atoms with Crippen LogP contribution in [0.1, 0.15) is 10.4 Å². The van der Waals surface area contributed by atoms with E-state index in [0.717, 1.165) is 0 Å². The molecule has 0 aliphatic carbocycles. The van der Waals surface area contributed by atoms with Gasteiger partial charge in [-0.25, -0.2) is 8.78 Å². The molecule has 1 amide bonds. The van der Waals surface area contributed by atoms with Gasteiger partial charge in [0.05, 0.1) is 40.0 Å². The summed E-state index contributed by atoms with van der Waals surface area (Å²) in [4.78, 5) is 12.0. The normalized spacial score (nSPS) is 10.5. The number of carbonyl (C=O) groups is 1. The average Bonchev–Trinajstić information content (AvgIpc) is 2.50. The maximum absolute atomic E-state index is 13.1. The zero-order valence-electron chi connectivity index (χ0n) is 12.4. The predicted octanol–water partition coefficient (Wildman–Crippen LogP) is 1.46. The zero-order valence-corrected chi connectivity index (χ0v) is 13.3. The molecule has 1 aromatic rings. The standard InChI is InChI=1S/C13H18F2N2O4.ClH/c1-19-9-5-4-8(10(20-2)11(9)21-3)12(18)17-7-13(14,15)6-16;/h4-5H,6-7,16H2,1-3H3,(H,17,18);1H. The number of halogens is 3. The Bertz CT molecular complexity index is 515. The van der Waals surface area contributed by atoms with Crippen LogP contribution in [0.15, 0.2) is 12.1 Å². The first-order valence-corrected chi connectivity index (χ1v) is 6.05. The summed E-state index contributed by atoms with van der Waals surface area (Å²) < 4.78 is 41.4. The molecule has 0 aliphatic heterocycles. The van der Waals surface area contributed by atoms with Crippen LogP contribution in [0.2, 0.25) is 0 Å². The summed E-state index contributed by atoms with van der Waals surface area (Å²) in [5.41, 5.74) is 4.97. The summed E-state index contributed by atoms with van der Waals surface area (Å²) in [7, 11) is 4.14. The Morgan fingerprint density at radius 1 is 1.18 bits per heavy atom. The lowest BCUT2D eigenvalue weighted by Gasteiger charge is -2.17. The zero-order chi connectivity index (χ0) is 16.0. The second-order valence-corrected chi connectivity index (χ2v) is 4.12. The first-order chi connectivity index (χ1) is 9.90. The van der Waals surface area contributed by atoms with E-state index in [-0.39, 0.29) is 29.5 Å². The molecule has 0 saturated heterocycles. The molecular weight excluding hydrogens is 322 g/mol. The van der Waals surface area contributed by atoms with Crippen LogP contribution in [0.5, 0.6) is 17.2 Å². The highest BCUT2D eigenvalue weighted by atomic mass is 35.5. The number of benzene rings is 1. The smallest absolute Gasteiger partial charge is 0.277 e. The fourth-order valence-electron chi connectivity index (χ4n) is 1.66. The number of hydrogen-bond acceptors (Lipinski definition) is 5. The molecule has 6 nitrogen and oxygen atoms in total. The van der Waals surface area contributed by atoms with Crippen molar-refractivity contribution >= 4 is 18.3 Å². The fourth-order valence-corrected chi connectivity index (χ4v) is 1.66. The van der Waals surface area contributed by atoms with Crippen molar-refractivity contribution in [2.45, 2.75) is 5.92 Å². The van der Waals surface area contributed by atoms with Gasteiger partial charge in [0.25, 0.3) is 11.8 Å². The van der Waals surface area contributed by atoms with Crippen molar-refractivity contribution in [3.63, 3.8) is 0 Å². The van der Waals surface area contributed by atoms with Crippen LogP contribution in [0, 0.1) is 0 Å².